The number of likely N-dealkylation sites (N-methyl/N-ethyl adjacent to an activating group) is 1. The first kappa shape index (κ1) is 28.5. The summed E-state index contributed by atoms with van der Waals surface area (Å²) in [6.45, 7) is 2.70. The number of aliphatic hydroxyl groups excluding tert-OH is 1. The van der Waals surface area contributed by atoms with Crippen molar-refractivity contribution in [2.24, 2.45) is 5.92 Å². The van der Waals surface area contributed by atoms with E-state index < -0.39 is 6.04 Å². The highest BCUT2D eigenvalue weighted by atomic mass is 32.1. The minimum absolute atomic E-state index is 0.0265. The molecule has 9 heteroatoms. The van der Waals surface area contributed by atoms with Gasteiger partial charge >= 0.3 is 0 Å². The van der Waals surface area contributed by atoms with Crippen molar-refractivity contribution in [2.75, 3.05) is 26.8 Å². The molecule has 0 radical (unpaired) electrons. The topological polar surface area (TPSA) is 104 Å². The number of likely N-dealkylation sites (tertiary alicyclic amines) is 1. The number of ether oxygens (including phenoxy) is 1. The minimum atomic E-state index is -0.501. The number of amides is 2. The fourth-order valence-electron chi connectivity index (χ4n) is 6.06. The smallest absolute Gasteiger partial charge is 0.246 e. The van der Waals surface area contributed by atoms with E-state index in [2.05, 4.69) is 22.1 Å². The van der Waals surface area contributed by atoms with Gasteiger partial charge in [0.2, 0.25) is 11.8 Å². The number of carbonyl (C=O) groups is 2. The Labute approximate surface area is 240 Å². The lowest BCUT2D eigenvalue weighted by Gasteiger charge is -2.35. The molecular weight excluding hydrogens is 524 g/mol. The van der Waals surface area contributed by atoms with E-state index in [1.54, 1.807) is 18.4 Å². The molecule has 0 unspecified atom stereocenters. The van der Waals surface area contributed by atoms with Gasteiger partial charge in [-0.05, 0) is 63.1 Å². The number of rotatable bonds is 10. The zero-order valence-corrected chi connectivity index (χ0v) is 24.2. The largest absolute Gasteiger partial charge is 0.491 e. The highest BCUT2D eigenvalue weighted by molar-refractivity contribution is 7.10. The quantitative estimate of drug-likeness (QED) is 0.331. The molecule has 3 N–H and O–H groups in total. The van der Waals surface area contributed by atoms with Crippen LogP contribution in [0.25, 0.3) is 22.0 Å². The van der Waals surface area contributed by atoms with E-state index in [0.29, 0.717) is 6.54 Å². The van der Waals surface area contributed by atoms with Gasteiger partial charge in [0.05, 0.1) is 24.4 Å². The van der Waals surface area contributed by atoms with E-state index in [0.717, 1.165) is 71.3 Å². The fourth-order valence-corrected chi connectivity index (χ4v) is 7.03. The van der Waals surface area contributed by atoms with Gasteiger partial charge in [-0.25, -0.2) is 4.98 Å². The zero-order valence-electron chi connectivity index (χ0n) is 23.4. The lowest BCUT2D eigenvalue weighted by molar-refractivity contribution is -0.139. The molecule has 8 nitrogen and oxygen atoms in total. The summed E-state index contributed by atoms with van der Waals surface area (Å²) in [7, 11) is 1.76. The molecule has 2 heterocycles. The number of nitrogens with one attached hydrogen (secondary N) is 2. The predicted octanol–water partition coefficient (Wildman–Crippen LogP) is 4.67. The average molecular weight is 565 g/mol. The van der Waals surface area contributed by atoms with Crippen molar-refractivity contribution >= 4 is 33.9 Å². The van der Waals surface area contributed by atoms with Crippen LogP contribution in [-0.4, -0.2) is 65.7 Å². The lowest BCUT2D eigenvalue weighted by atomic mass is 9.83. The van der Waals surface area contributed by atoms with Crippen LogP contribution in [0.3, 0.4) is 0 Å². The van der Waals surface area contributed by atoms with Crippen molar-refractivity contribution in [2.45, 2.75) is 70.0 Å². The Morgan fingerprint density at radius 3 is 2.62 bits per heavy atom. The summed E-state index contributed by atoms with van der Waals surface area (Å²) < 4.78 is 5.76. The molecule has 2 aromatic carbocycles. The highest BCUT2D eigenvalue weighted by Gasteiger charge is 2.40. The standard InChI is InChI=1S/C31H40N4O4S/c1-20(32-2)29(37)34-28(21-9-4-3-5-10-21)31(38)35-16-8-13-26(35)30-33-25(19-40-30)23-14-15-27(39-18-17-36)24-12-7-6-11-22(23)24/h6-7,11-12,14-15,19-21,26,28,32,36H,3-5,8-10,13,16-18H2,1-2H3,(H,34,37)/t20-,26-,28-/m0/s1. The predicted molar refractivity (Wildman–Crippen MR) is 158 cm³/mol. The number of benzene rings is 2. The second kappa shape index (κ2) is 13.1. The average Bonchev–Trinajstić information content (AvgIpc) is 3.68. The number of carbonyl (C=O) groups excluding carboxylic acids is 2. The summed E-state index contributed by atoms with van der Waals surface area (Å²) in [5, 5.41) is 20.3. The van der Waals surface area contributed by atoms with Crippen LogP contribution in [0.1, 0.15) is 62.9 Å². The van der Waals surface area contributed by atoms with Gasteiger partial charge in [-0.3, -0.25) is 9.59 Å². The fraction of sp³-hybridized carbons (Fsp3) is 0.516. The van der Waals surface area contributed by atoms with Crippen LogP contribution in [0.15, 0.2) is 41.8 Å². The Morgan fingerprint density at radius 2 is 1.88 bits per heavy atom. The van der Waals surface area contributed by atoms with Gasteiger partial charge in [0, 0.05) is 22.9 Å². The molecule has 1 saturated carbocycles. The highest BCUT2D eigenvalue weighted by Crippen LogP contribution is 2.40. The SMILES string of the molecule is CN[C@@H](C)C(=O)N[C@H](C(=O)N1CCC[C@H]1c1nc(-c2ccc(OCCO)c3ccccc23)cs1)C1CCCCC1. The van der Waals surface area contributed by atoms with E-state index in [1.807, 2.05) is 42.2 Å². The molecule has 214 valence electrons. The monoisotopic (exact) mass is 564 g/mol. The Kier molecular flexibility index (Phi) is 9.34. The summed E-state index contributed by atoms with van der Waals surface area (Å²) in [5.74, 6) is 0.802. The number of thiazole rings is 1. The molecule has 0 bridgehead atoms. The van der Waals surface area contributed by atoms with Gasteiger partial charge in [-0.15, -0.1) is 11.3 Å². The summed E-state index contributed by atoms with van der Waals surface area (Å²) in [6, 6.07) is 11.1. The summed E-state index contributed by atoms with van der Waals surface area (Å²) in [5.41, 5.74) is 1.89. The van der Waals surface area contributed by atoms with Crippen molar-refractivity contribution < 1.29 is 19.4 Å². The van der Waals surface area contributed by atoms with Crippen molar-refractivity contribution in [1.82, 2.24) is 20.5 Å². The van der Waals surface area contributed by atoms with E-state index in [1.165, 1.54) is 6.42 Å². The molecular formula is C31H40N4O4S. The van der Waals surface area contributed by atoms with Crippen molar-refractivity contribution in [1.29, 1.82) is 0 Å². The van der Waals surface area contributed by atoms with Crippen molar-refractivity contribution in [3.8, 4) is 17.0 Å². The maximum Gasteiger partial charge on any atom is 0.246 e. The number of fused-ring (bicyclic) bond motifs is 1. The van der Waals surface area contributed by atoms with Crippen LogP contribution in [0, 0.1) is 5.92 Å². The van der Waals surface area contributed by atoms with Crippen molar-refractivity contribution in [3.63, 3.8) is 0 Å². The number of aliphatic hydroxyl groups is 1. The summed E-state index contributed by atoms with van der Waals surface area (Å²) >= 11 is 1.59. The van der Waals surface area contributed by atoms with E-state index in [9.17, 15) is 14.7 Å². The zero-order chi connectivity index (χ0) is 28.1. The van der Waals surface area contributed by atoms with Crippen LogP contribution in [0.2, 0.25) is 0 Å². The molecule has 1 aliphatic heterocycles. The van der Waals surface area contributed by atoms with E-state index >= 15 is 0 Å². The molecule has 1 saturated heterocycles. The number of nitrogens with zero attached hydrogens (tertiary/aromatic N) is 2. The Morgan fingerprint density at radius 1 is 1.10 bits per heavy atom. The normalized spacial score (nSPS) is 19.5. The van der Waals surface area contributed by atoms with E-state index in [4.69, 9.17) is 9.72 Å². The molecule has 1 aliphatic carbocycles. The Balaban J connectivity index is 1.40. The number of hydrogen-bond donors (Lipinski definition) is 3. The number of aromatic nitrogens is 1. The Bertz CT molecular complexity index is 1320. The first-order chi connectivity index (χ1) is 19.5. The van der Waals surface area contributed by atoms with Gasteiger partial charge < -0.3 is 25.4 Å². The first-order valence-corrected chi connectivity index (χ1v) is 15.4. The van der Waals surface area contributed by atoms with Gasteiger partial charge in [-0.1, -0.05) is 43.5 Å². The third kappa shape index (κ3) is 6.01. The maximum absolute atomic E-state index is 14.1. The molecule has 40 heavy (non-hydrogen) atoms. The van der Waals surface area contributed by atoms with Gasteiger partial charge in [0.25, 0.3) is 0 Å². The molecule has 2 fully saturated rings. The lowest BCUT2D eigenvalue weighted by Crippen LogP contribution is -2.55. The van der Waals surface area contributed by atoms with Gasteiger partial charge in [-0.2, -0.15) is 0 Å². The van der Waals surface area contributed by atoms with Crippen LogP contribution in [-0.2, 0) is 9.59 Å². The van der Waals surface area contributed by atoms with Crippen LogP contribution in [0.5, 0.6) is 5.75 Å². The van der Waals surface area contributed by atoms with E-state index in [-0.39, 0.29) is 43.0 Å². The first-order valence-electron chi connectivity index (χ1n) is 14.5. The second-order valence-electron chi connectivity index (χ2n) is 10.9. The molecule has 2 aliphatic rings. The Hall–Kier alpha value is -3.01. The minimum Gasteiger partial charge on any atom is -0.491 e. The van der Waals surface area contributed by atoms with Crippen LogP contribution >= 0.6 is 11.3 Å². The maximum atomic E-state index is 14.1. The summed E-state index contributed by atoms with van der Waals surface area (Å²) in [6.07, 6.45) is 7.11. The molecule has 5 rings (SSSR count). The van der Waals surface area contributed by atoms with Crippen LogP contribution < -0.4 is 15.4 Å². The molecule has 1 aromatic heterocycles. The number of hydrogen-bond acceptors (Lipinski definition) is 7. The van der Waals surface area contributed by atoms with Crippen LogP contribution in [0.4, 0.5) is 0 Å². The third-order valence-corrected chi connectivity index (χ3v) is 9.31. The van der Waals surface area contributed by atoms with Gasteiger partial charge in [0.15, 0.2) is 0 Å². The molecule has 3 aromatic rings. The molecule has 2 amide bonds. The second-order valence-corrected chi connectivity index (χ2v) is 11.8. The van der Waals surface area contributed by atoms with Crippen molar-refractivity contribution in [3.05, 3.63) is 46.8 Å². The van der Waals surface area contributed by atoms with Gasteiger partial charge in [0.1, 0.15) is 23.4 Å². The summed E-state index contributed by atoms with van der Waals surface area (Å²) in [4.78, 5) is 34.0. The third-order valence-electron chi connectivity index (χ3n) is 8.36. The molecule has 3 atom stereocenters. The molecule has 0 spiro atoms.